The quantitative estimate of drug-likeness (QED) is 0.934. The summed E-state index contributed by atoms with van der Waals surface area (Å²) in [4.78, 5) is 18.2. The summed E-state index contributed by atoms with van der Waals surface area (Å²) in [6, 6.07) is 5.94. The minimum atomic E-state index is -0.258. The van der Waals surface area contributed by atoms with E-state index in [0.717, 1.165) is 15.3 Å². The molecule has 0 aliphatic heterocycles. The van der Waals surface area contributed by atoms with Crippen molar-refractivity contribution in [2.75, 3.05) is 18.9 Å². The third-order valence-corrected chi connectivity index (χ3v) is 4.07. The van der Waals surface area contributed by atoms with Crippen molar-refractivity contribution in [3.8, 4) is 0 Å². The number of nitrogens with zero attached hydrogens (tertiary/aromatic N) is 2. The Kier molecular flexibility index (Phi) is 4.04. The molecule has 0 spiro atoms. The van der Waals surface area contributed by atoms with Gasteiger partial charge in [-0.1, -0.05) is 17.4 Å². The number of nitrogens with one attached hydrogen (secondary N) is 1. The van der Waals surface area contributed by atoms with Crippen molar-refractivity contribution in [2.45, 2.75) is 26.8 Å². The lowest BCUT2D eigenvalue weighted by atomic mass is 10.2. The fraction of sp³-hybridized carbons (Fsp3) is 0.429. The molecule has 0 radical (unpaired) electrons. The molecule has 1 heterocycles. The zero-order valence-electron chi connectivity index (χ0n) is 11.7. The van der Waals surface area contributed by atoms with Crippen LogP contribution in [0.1, 0.15) is 19.4 Å². The summed E-state index contributed by atoms with van der Waals surface area (Å²) in [7, 11) is 1.81. The molecule has 0 aliphatic carbocycles. The van der Waals surface area contributed by atoms with Gasteiger partial charge in [-0.25, -0.2) is 4.98 Å². The van der Waals surface area contributed by atoms with Gasteiger partial charge in [-0.15, -0.1) is 0 Å². The van der Waals surface area contributed by atoms with Gasteiger partial charge in [-0.05, 0) is 38.5 Å². The molecule has 19 heavy (non-hydrogen) atoms. The second-order valence-electron chi connectivity index (χ2n) is 4.71. The highest BCUT2D eigenvalue weighted by Crippen LogP contribution is 2.27. The number of carbonyl (C=O) groups is 1. The van der Waals surface area contributed by atoms with Crippen LogP contribution in [-0.4, -0.2) is 35.4 Å². The number of amides is 1. The van der Waals surface area contributed by atoms with Crippen LogP contribution in [-0.2, 0) is 4.79 Å². The van der Waals surface area contributed by atoms with E-state index in [1.807, 2.05) is 27.8 Å². The Morgan fingerprint density at radius 2 is 2.26 bits per heavy atom. The van der Waals surface area contributed by atoms with Gasteiger partial charge in [0.15, 0.2) is 5.13 Å². The van der Waals surface area contributed by atoms with Crippen molar-refractivity contribution in [1.29, 1.82) is 0 Å². The highest BCUT2D eigenvalue weighted by atomic mass is 32.1. The van der Waals surface area contributed by atoms with Gasteiger partial charge in [0.1, 0.15) is 6.04 Å². The molecule has 5 heteroatoms. The molecule has 2 rings (SSSR count). The van der Waals surface area contributed by atoms with Crippen molar-refractivity contribution < 1.29 is 4.79 Å². The van der Waals surface area contributed by atoms with E-state index in [9.17, 15) is 4.79 Å². The molecule has 0 saturated carbocycles. The van der Waals surface area contributed by atoms with Gasteiger partial charge in [0.25, 0.3) is 0 Å². The van der Waals surface area contributed by atoms with Crippen molar-refractivity contribution in [2.24, 2.45) is 0 Å². The number of benzene rings is 1. The predicted octanol–water partition coefficient (Wildman–Crippen LogP) is 2.88. The van der Waals surface area contributed by atoms with E-state index >= 15 is 0 Å². The maximum atomic E-state index is 12.0. The SMILES string of the molecule is CCN(C)C(=O)C(C)Nc1nc2cc(C)ccc2s1. The first-order valence-corrected chi connectivity index (χ1v) is 7.21. The molecule has 1 unspecified atom stereocenters. The number of hydrogen-bond donors (Lipinski definition) is 1. The zero-order valence-corrected chi connectivity index (χ0v) is 12.5. The number of likely N-dealkylation sites (N-methyl/N-ethyl adjacent to an activating group) is 1. The summed E-state index contributed by atoms with van der Waals surface area (Å²) >= 11 is 1.58. The van der Waals surface area contributed by atoms with Crippen molar-refractivity contribution in [3.05, 3.63) is 23.8 Å². The molecular formula is C14H19N3OS. The van der Waals surface area contributed by atoms with Gasteiger partial charge >= 0.3 is 0 Å². The first kappa shape index (κ1) is 13.8. The van der Waals surface area contributed by atoms with E-state index in [2.05, 4.69) is 28.5 Å². The summed E-state index contributed by atoms with van der Waals surface area (Å²) in [5.74, 6) is 0.0814. The molecule has 0 bridgehead atoms. The van der Waals surface area contributed by atoms with Crippen LogP contribution in [0.3, 0.4) is 0 Å². The molecule has 4 nitrogen and oxygen atoms in total. The molecular weight excluding hydrogens is 258 g/mol. The van der Waals surface area contributed by atoms with E-state index < -0.39 is 0 Å². The van der Waals surface area contributed by atoms with E-state index in [4.69, 9.17) is 0 Å². The highest BCUT2D eigenvalue weighted by molar-refractivity contribution is 7.22. The molecule has 0 aliphatic rings. The third-order valence-electron chi connectivity index (χ3n) is 3.10. The van der Waals surface area contributed by atoms with Crippen LogP contribution in [0.4, 0.5) is 5.13 Å². The van der Waals surface area contributed by atoms with E-state index in [1.54, 1.807) is 16.2 Å². The maximum absolute atomic E-state index is 12.0. The number of carbonyl (C=O) groups excluding carboxylic acids is 1. The zero-order chi connectivity index (χ0) is 14.0. The first-order chi connectivity index (χ1) is 9.01. The van der Waals surface area contributed by atoms with Gasteiger partial charge in [0.2, 0.25) is 5.91 Å². The number of anilines is 1. The lowest BCUT2D eigenvalue weighted by Gasteiger charge is -2.20. The Morgan fingerprint density at radius 3 is 2.95 bits per heavy atom. The van der Waals surface area contributed by atoms with Crippen LogP contribution in [0.5, 0.6) is 0 Å². The minimum absolute atomic E-state index is 0.0814. The van der Waals surface area contributed by atoms with Crippen LogP contribution in [0.15, 0.2) is 18.2 Å². The van der Waals surface area contributed by atoms with Crippen LogP contribution in [0.2, 0.25) is 0 Å². The third kappa shape index (κ3) is 3.04. The van der Waals surface area contributed by atoms with Gasteiger partial charge in [-0.3, -0.25) is 4.79 Å². The number of fused-ring (bicyclic) bond motifs is 1. The van der Waals surface area contributed by atoms with Crippen molar-refractivity contribution in [1.82, 2.24) is 9.88 Å². The Morgan fingerprint density at radius 1 is 1.53 bits per heavy atom. The molecule has 102 valence electrons. The predicted molar refractivity (Wildman–Crippen MR) is 80.8 cm³/mol. The molecule has 1 N–H and O–H groups in total. The fourth-order valence-corrected chi connectivity index (χ4v) is 2.77. The van der Waals surface area contributed by atoms with Gasteiger partial charge in [0, 0.05) is 13.6 Å². The fourth-order valence-electron chi connectivity index (χ4n) is 1.83. The molecule has 2 aromatic rings. The van der Waals surface area contributed by atoms with Crippen LogP contribution in [0.25, 0.3) is 10.2 Å². The lowest BCUT2D eigenvalue weighted by Crippen LogP contribution is -2.38. The molecule has 0 fully saturated rings. The van der Waals surface area contributed by atoms with Crippen LogP contribution in [0, 0.1) is 6.92 Å². The largest absolute Gasteiger partial charge is 0.350 e. The number of aromatic nitrogens is 1. The van der Waals surface area contributed by atoms with E-state index in [1.165, 1.54) is 5.56 Å². The molecule has 1 aromatic carbocycles. The number of rotatable bonds is 4. The second-order valence-corrected chi connectivity index (χ2v) is 5.74. The summed E-state index contributed by atoms with van der Waals surface area (Å²) < 4.78 is 1.14. The summed E-state index contributed by atoms with van der Waals surface area (Å²) in [5.41, 5.74) is 2.18. The Balaban J connectivity index is 2.15. The Labute approximate surface area is 117 Å². The Bertz CT molecular complexity index is 593. The number of hydrogen-bond acceptors (Lipinski definition) is 4. The average molecular weight is 277 g/mol. The van der Waals surface area contributed by atoms with Crippen LogP contribution < -0.4 is 5.32 Å². The average Bonchev–Trinajstić information content (AvgIpc) is 2.77. The maximum Gasteiger partial charge on any atom is 0.244 e. The van der Waals surface area contributed by atoms with Gasteiger partial charge in [0.05, 0.1) is 10.2 Å². The lowest BCUT2D eigenvalue weighted by molar-refractivity contribution is -0.130. The normalized spacial score (nSPS) is 12.4. The Hall–Kier alpha value is -1.62. The topological polar surface area (TPSA) is 45.2 Å². The smallest absolute Gasteiger partial charge is 0.244 e. The summed E-state index contributed by atoms with van der Waals surface area (Å²) in [5, 5.41) is 3.98. The summed E-state index contributed by atoms with van der Waals surface area (Å²) in [6.45, 7) is 6.59. The molecule has 1 amide bonds. The van der Waals surface area contributed by atoms with E-state index in [-0.39, 0.29) is 11.9 Å². The minimum Gasteiger partial charge on any atom is -0.350 e. The molecule has 1 aromatic heterocycles. The van der Waals surface area contributed by atoms with Gasteiger partial charge < -0.3 is 10.2 Å². The van der Waals surface area contributed by atoms with E-state index in [0.29, 0.717) is 6.54 Å². The number of thiazole rings is 1. The first-order valence-electron chi connectivity index (χ1n) is 6.40. The monoisotopic (exact) mass is 277 g/mol. The molecule has 1 atom stereocenters. The van der Waals surface area contributed by atoms with Crippen molar-refractivity contribution >= 4 is 32.6 Å². The second kappa shape index (κ2) is 5.57. The van der Waals surface area contributed by atoms with Crippen LogP contribution >= 0.6 is 11.3 Å². The van der Waals surface area contributed by atoms with Gasteiger partial charge in [-0.2, -0.15) is 0 Å². The van der Waals surface area contributed by atoms with Crippen molar-refractivity contribution in [3.63, 3.8) is 0 Å². The standard InChI is InChI=1S/C14H19N3OS/c1-5-17(4)13(18)10(3)15-14-16-11-8-9(2)6-7-12(11)19-14/h6-8,10H,5H2,1-4H3,(H,15,16). The number of aryl methyl sites for hydroxylation is 1. The highest BCUT2D eigenvalue weighted by Gasteiger charge is 2.17. The molecule has 0 saturated heterocycles. The summed E-state index contributed by atoms with van der Waals surface area (Å²) in [6.07, 6.45) is 0.